The Kier molecular flexibility index (Phi) is 5.30. The maximum absolute atomic E-state index is 13.7. The fourth-order valence-corrected chi connectivity index (χ4v) is 4.00. The van der Waals surface area contributed by atoms with Gasteiger partial charge in [0.15, 0.2) is 0 Å². The van der Waals surface area contributed by atoms with Crippen LogP contribution in [0.1, 0.15) is 17.5 Å². The second kappa shape index (κ2) is 8.02. The lowest BCUT2D eigenvalue weighted by Crippen LogP contribution is -2.24. The molecule has 3 aromatic carbocycles. The maximum atomic E-state index is 13.7. The first-order chi connectivity index (χ1) is 13.6. The largest absolute Gasteiger partial charge is 0.489 e. The number of halogens is 1. The summed E-state index contributed by atoms with van der Waals surface area (Å²) in [4.78, 5) is 22.9. The van der Waals surface area contributed by atoms with E-state index in [0.29, 0.717) is 17.7 Å². The average Bonchev–Trinajstić information content (AvgIpc) is 3.02. The van der Waals surface area contributed by atoms with Gasteiger partial charge in [-0.2, -0.15) is 0 Å². The lowest BCUT2D eigenvalue weighted by Gasteiger charge is -2.10. The van der Waals surface area contributed by atoms with E-state index in [1.165, 1.54) is 6.07 Å². The topological polar surface area (TPSA) is 55.4 Å². The molecule has 6 heteroatoms. The fourth-order valence-electron chi connectivity index (χ4n) is 3.18. The highest BCUT2D eigenvalue weighted by molar-refractivity contribution is 8.15. The number of aryl methyl sites for hydroxylation is 1. The number of hydrogen-bond acceptors (Lipinski definition) is 4. The Balaban J connectivity index is 1.41. The van der Waals surface area contributed by atoms with E-state index in [-0.39, 0.29) is 28.8 Å². The summed E-state index contributed by atoms with van der Waals surface area (Å²) in [6.45, 7) is 0.177. The Morgan fingerprint density at radius 3 is 2.57 bits per heavy atom. The van der Waals surface area contributed by atoms with Gasteiger partial charge in [-0.15, -0.1) is 0 Å². The highest BCUT2D eigenvalue weighted by Crippen LogP contribution is 2.26. The van der Waals surface area contributed by atoms with Crippen molar-refractivity contribution in [3.05, 3.63) is 77.6 Å². The molecule has 1 aliphatic heterocycles. The first-order valence-electron chi connectivity index (χ1n) is 8.99. The van der Waals surface area contributed by atoms with Crippen LogP contribution in [0.2, 0.25) is 0 Å². The molecule has 1 saturated heterocycles. The van der Waals surface area contributed by atoms with E-state index < -0.39 is 0 Å². The van der Waals surface area contributed by atoms with Crippen LogP contribution in [-0.2, 0) is 17.8 Å². The van der Waals surface area contributed by atoms with Crippen LogP contribution in [0.25, 0.3) is 10.8 Å². The van der Waals surface area contributed by atoms with Crippen LogP contribution in [0.5, 0.6) is 5.75 Å². The van der Waals surface area contributed by atoms with Gasteiger partial charge in [0.05, 0.1) is 5.25 Å². The summed E-state index contributed by atoms with van der Waals surface area (Å²) < 4.78 is 19.4. The molecule has 1 fully saturated rings. The molecular formula is C22H18FNO3S. The van der Waals surface area contributed by atoms with Gasteiger partial charge in [-0.05, 0) is 47.4 Å². The predicted octanol–water partition coefficient (Wildman–Crippen LogP) is 4.84. The van der Waals surface area contributed by atoms with Gasteiger partial charge in [-0.3, -0.25) is 14.9 Å². The van der Waals surface area contributed by atoms with Gasteiger partial charge in [0.1, 0.15) is 18.2 Å². The van der Waals surface area contributed by atoms with Gasteiger partial charge >= 0.3 is 0 Å². The molecule has 28 heavy (non-hydrogen) atoms. The molecule has 0 aromatic heterocycles. The SMILES string of the molecule is O=C1NC(=O)C(CCc2ccc3cc(OCc4ccccc4F)ccc3c2)S1. The number of thioether (sulfide) groups is 1. The zero-order valence-corrected chi connectivity index (χ0v) is 15.8. The number of imide groups is 1. The van der Waals surface area contributed by atoms with Crippen molar-refractivity contribution in [3.63, 3.8) is 0 Å². The summed E-state index contributed by atoms with van der Waals surface area (Å²) >= 11 is 1.06. The van der Waals surface area contributed by atoms with Crippen LogP contribution in [-0.4, -0.2) is 16.4 Å². The summed E-state index contributed by atoms with van der Waals surface area (Å²) in [5.74, 6) is 0.206. The summed E-state index contributed by atoms with van der Waals surface area (Å²) in [5, 5.41) is 3.83. The number of rotatable bonds is 6. The summed E-state index contributed by atoms with van der Waals surface area (Å²) in [6.07, 6.45) is 1.34. The normalized spacial score (nSPS) is 16.4. The zero-order valence-electron chi connectivity index (χ0n) is 15.0. The molecule has 3 aromatic rings. The van der Waals surface area contributed by atoms with E-state index in [4.69, 9.17) is 4.74 Å². The minimum Gasteiger partial charge on any atom is -0.489 e. The molecule has 1 atom stereocenters. The summed E-state index contributed by atoms with van der Waals surface area (Å²) in [7, 11) is 0. The van der Waals surface area contributed by atoms with Gasteiger partial charge < -0.3 is 4.74 Å². The second-order valence-electron chi connectivity index (χ2n) is 6.65. The number of carbonyl (C=O) groups excluding carboxylic acids is 2. The van der Waals surface area contributed by atoms with Gasteiger partial charge in [0.25, 0.3) is 5.24 Å². The molecule has 1 aliphatic rings. The standard InChI is InChI=1S/C22H18FNO3S/c23-19-4-2-1-3-17(19)13-27-18-9-8-15-11-14(5-7-16(15)12-18)6-10-20-21(25)24-22(26)28-20/h1-5,7-9,11-12,20H,6,10,13H2,(H,24,25,26). The third-order valence-corrected chi connectivity index (χ3v) is 5.74. The molecule has 1 unspecified atom stereocenters. The molecule has 0 aliphatic carbocycles. The number of carbonyl (C=O) groups is 2. The molecule has 4 nitrogen and oxygen atoms in total. The number of nitrogens with one attached hydrogen (secondary N) is 1. The van der Waals surface area contributed by atoms with Crippen LogP contribution >= 0.6 is 11.8 Å². The van der Waals surface area contributed by atoms with E-state index in [9.17, 15) is 14.0 Å². The van der Waals surface area contributed by atoms with Crippen molar-refractivity contribution < 1.29 is 18.7 Å². The quantitative estimate of drug-likeness (QED) is 0.649. The molecule has 1 heterocycles. The van der Waals surface area contributed by atoms with Crippen molar-refractivity contribution in [1.29, 1.82) is 0 Å². The predicted molar refractivity (Wildman–Crippen MR) is 108 cm³/mol. The lowest BCUT2D eigenvalue weighted by molar-refractivity contribution is -0.119. The average molecular weight is 395 g/mol. The van der Waals surface area contributed by atoms with Gasteiger partial charge in [-0.1, -0.05) is 54.2 Å². The number of ether oxygens (including phenoxy) is 1. The molecule has 1 N–H and O–H groups in total. The molecule has 2 amide bonds. The van der Waals surface area contributed by atoms with E-state index in [1.807, 2.05) is 30.3 Å². The monoisotopic (exact) mass is 395 g/mol. The number of amides is 2. The maximum Gasteiger partial charge on any atom is 0.286 e. The first-order valence-corrected chi connectivity index (χ1v) is 9.87. The van der Waals surface area contributed by atoms with Gasteiger partial charge in [-0.25, -0.2) is 4.39 Å². The Labute approximate surface area is 166 Å². The first kappa shape index (κ1) is 18.5. The van der Waals surface area contributed by atoms with Crippen LogP contribution in [0.15, 0.2) is 60.7 Å². The number of hydrogen-bond donors (Lipinski definition) is 1. The van der Waals surface area contributed by atoms with Gasteiger partial charge in [0, 0.05) is 5.56 Å². The third kappa shape index (κ3) is 4.17. The lowest BCUT2D eigenvalue weighted by atomic mass is 10.0. The summed E-state index contributed by atoms with van der Waals surface area (Å²) in [6, 6.07) is 18.4. The highest BCUT2D eigenvalue weighted by atomic mass is 32.2. The minimum atomic E-state index is -0.308. The molecule has 142 valence electrons. The van der Waals surface area contributed by atoms with Crippen molar-refractivity contribution in [3.8, 4) is 5.75 Å². The highest BCUT2D eigenvalue weighted by Gasteiger charge is 2.30. The zero-order chi connectivity index (χ0) is 19.5. The number of fused-ring (bicyclic) bond motifs is 1. The Morgan fingerprint density at radius 1 is 1.00 bits per heavy atom. The molecular weight excluding hydrogens is 377 g/mol. The van der Waals surface area contributed by atoms with Gasteiger partial charge in [0.2, 0.25) is 5.91 Å². The van der Waals surface area contributed by atoms with Crippen LogP contribution in [0.4, 0.5) is 9.18 Å². The van der Waals surface area contributed by atoms with Crippen molar-refractivity contribution in [2.75, 3.05) is 0 Å². The molecule has 0 bridgehead atoms. The molecule has 0 saturated carbocycles. The van der Waals surface area contributed by atoms with E-state index >= 15 is 0 Å². The summed E-state index contributed by atoms with van der Waals surface area (Å²) in [5.41, 5.74) is 1.63. The van der Waals surface area contributed by atoms with Crippen molar-refractivity contribution in [2.24, 2.45) is 0 Å². The van der Waals surface area contributed by atoms with Crippen LogP contribution < -0.4 is 10.1 Å². The van der Waals surface area contributed by atoms with E-state index in [1.54, 1.807) is 18.2 Å². The molecule has 4 rings (SSSR count). The van der Waals surface area contributed by atoms with Crippen molar-refractivity contribution in [1.82, 2.24) is 5.32 Å². The fraction of sp³-hybridized carbons (Fsp3) is 0.182. The number of benzene rings is 3. The second-order valence-corrected chi connectivity index (χ2v) is 7.82. The van der Waals surface area contributed by atoms with E-state index in [0.717, 1.165) is 34.5 Å². The molecule has 0 spiro atoms. The smallest absolute Gasteiger partial charge is 0.286 e. The van der Waals surface area contributed by atoms with Crippen LogP contribution in [0.3, 0.4) is 0 Å². The van der Waals surface area contributed by atoms with E-state index in [2.05, 4.69) is 11.4 Å². The molecule has 0 radical (unpaired) electrons. The Hall–Kier alpha value is -2.86. The van der Waals surface area contributed by atoms with Crippen molar-refractivity contribution >= 4 is 33.7 Å². The van der Waals surface area contributed by atoms with Crippen LogP contribution in [0, 0.1) is 5.82 Å². The minimum absolute atomic E-state index is 0.177. The Bertz CT molecular complexity index is 1050. The third-order valence-electron chi connectivity index (χ3n) is 4.69. The van der Waals surface area contributed by atoms with Crippen molar-refractivity contribution in [2.45, 2.75) is 24.7 Å². The Morgan fingerprint density at radius 2 is 1.79 bits per heavy atom.